The molecule has 2 rings (SSSR count). The Bertz CT molecular complexity index is 418. The molecule has 0 saturated heterocycles. The van der Waals surface area contributed by atoms with Crippen LogP contribution in [0.2, 0.25) is 5.15 Å². The van der Waals surface area contributed by atoms with Crippen molar-refractivity contribution in [3.63, 3.8) is 0 Å². The molecular formula is C11H12ClN3. The van der Waals surface area contributed by atoms with Crippen LogP contribution < -0.4 is 5.32 Å². The molecule has 1 aromatic heterocycles. The summed E-state index contributed by atoms with van der Waals surface area (Å²) in [7, 11) is 0. The first-order valence-corrected chi connectivity index (χ1v) is 5.35. The van der Waals surface area contributed by atoms with Gasteiger partial charge in [0.2, 0.25) is 0 Å². The number of hydrogen-bond donors (Lipinski definition) is 1. The number of rotatable bonds is 2. The van der Waals surface area contributed by atoms with Gasteiger partial charge in [-0.3, -0.25) is 0 Å². The third-order valence-electron chi connectivity index (χ3n) is 2.81. The van der Waals surface area contributed by atoms with Gasteiger partial charge in [-0.2, -0.15) is 5.26 Å². The molecule has 15 heavy (non-hydrogen) atoms. The summed E-state index contributed by atoms with van der Waals surface area (Å²) in [6, 6.07) is 5.36. The molecular weight excluding hydrogens is 210 g/mol. The van der Waals surface area contributed by atoms with Crippen LogP contribution in [0.15, 0.2) is 12.1 Å². The molecule has 0 unspecified atom stereocenters. The second-order valence-electron chi connectivity index (χ2n) is 4.21. The maximum atomic E-state index is 8.79. The van der Waals surface area contributed by atoms with Gasteiger partial charge in [-0.05, 0) is 38.3 Å². The topological polar surface area (TPSA) is 48.7 Å². The van der Waals surface area contributed by atoms with Crippen molar-refractivity contribution in [1.82, 2.24) is 4.98 Å². The van der Waals surface area contributed by atoms with Gasteiger partial charge in [-0.15, -0.1) is 0 Å². The lowest BCUT2D eigenvalue weighted by Crippen LogP contribution is -2.41. The van der Waals surface area contributed by atoms with Crippen molar-refractivity contribution in [1.29, 1.82) is 5.26 Å². The van der Waals surface area contributed by atoms with Crippen molar-refractivity contribution in [3.8, 4) is 6.07 Å². The highest BCUT2D eigenvalue weighted by Crippen LogP contribution is 2.34. The lowest BCUT2D eigenvalue weighted by atomic mass is 9.78. The molecule has 0 spiro atoms. The number of nitriles is 1. The minimum Gasteiger partial charge on any atom is -0.365 e. The summed E-state index contributed by atoms with van der Waals surface area (Å²) >= 11 is 5.82. The van der Waals surface area contributed by atoms with Crippen LogP contribution >= 0.6 is 11.6 Å². The van der Waals surface area contributed by atoms with Crippen molar-refractivity contribution in [2.24, 2.45) is 0 Å². The molecule has 0 amide bonds. The van der Waals surface area contributed by atoms with Crippen LogP contribution in [0.5, 0.6) is 0 Å². The molecule has 0 bridgehead atoms. The van der Waals surface area contributed by atoms with Crippen molar-refractivity contribution < 1.29 is 0 Å². The van der Waals surface area contributed by atoms with E-state index in [0.29, 0.717) is 16.5 Å². The van der Waals surface area contributed by atoms with Gasteiger partial charge in [0.25, 0.3) is 0 Å². The zero-order valence-corrected chi connectivity index (χ0v) is 9.30. The summed E-state index contributed by atoms with van der Waals surface area (Å²) < 4.78 is 0. The highest BCUT2D eigenvalue weighted by Gasteiger charge is 2.31. The average Bonchev–Trinajstić information content (AvgIpc) is 2.14. The van der Waals surface area contributed by atoms with E-state index in [9.17, 15) is 0 Å². The predicted octanol–water partition coefficient (Wildman–Crippen LogP) is 2.96. The Kier molecular flexibility index (Phi) is 2.54. The van der Waals surface area contributed by atoms with E-state index < -0.39 is 0 Å². The Labute approximate surface area is 94.1 Å². The van der Waals surface area contributed by atoms with Gasteiger partial charge >= 0.3 is 0 Å². The zero-order valence-electron chi connectivity index (χ0n) is 8.55. The van der Waals surface area contributed by atoms with Gasteiger partial charge in [0.05, 0.1) is 11.6 Å². The molecule has 0 atom stereocenters. The maximum Gasteiger partial charge on any atom is 0.132 e. The third-order valence-corrected chi connectivity index (χ3v) is 3.00. The Morgan fingerprint density at radius 1 is 1.53 bits per heavy atom. The smallest absolute Gasteiger partial charge is 0.132 e. The second-order valence-corrected chi connectivity index (χ2v) is 4.60. The summed E-state index contributed by atoms with van der Waals surface area (Å²) in [5, 5.41) is 12.5. The molecule has 1 aromatic rings. The van der Waals surface area contributed by atoms with Crippen LogP contribution in [-0.2, 0) is 0 Å². The number of nitrogens with one attached hydrogen (secondary N) is 1. The molecule has 78 valence electrons. The Morgan fingerprint density at radius 2 is 2.27 bits per heavy atom. The van der Waals surface area contributed by atoms with Crippen molar-refractivity contribution >= 4 is 17.4 Å². The Morgan fingerprint density at radius 3 is 2.80 bits per heavy atom. The first-order chi connectivity index (χ1) is 7.11. The van der Waals surface area contributed by atoms with Crippen molar-refractivity contribution in [3.05, 3.63) is 22.8 Å². The summed E-state index contributed by atoms with van der Waals surface area (Å²) in [6.07, 6.45) is 3.53. The number of hydrogen-bond acceptors (Lipinski definition) is 3. The number of halogens is 1. The Balaban J connectivity index is 2.21. The molecule has 1 heterocycles. The molecule has 4 heteroatoms. The van der Waals surface area contributed by atoms with E-state index in [1.807, 2.05) is 0 Å². The van der Waals surface area contributed by atoms with E-state index in [1.54, 1.807) is 12.1 Å². The van der Waals surface area contributed by atoms with Crippen LogP contribution in [0.3, 0.4) is 0 Å². The van der Waals surface area contributed by atoms with Gasteiger partial charge in [-0.25, -0.2) is 4.98 Å². The van der Waals surface area contributed by atoms with Crippen LogP contribution in [-0.4, -0.2) is 10.5 Å². The summed E-state index contributed by atoms with van der Waals surface area (Å²) in [5.74, 6) is 0.696. The van der Waals surface area contributed by atoms with Gasteiger partial charge < -0.3 is 5.32 Å². The van der Waals surface area contributed by atoms with E-state index in [-0.39, 0.29) is 5.54 Å². The summed E-state index contributed by atoms with van der Waals surface area (Å²) in [4.78, 5) is 4.15. The first kappa shape index (κ1) is 10.3. The fraction of sp³-hybridized carbons (Fsp3) is 0.455. The van der Waals surface area contributed by atoms with Gasteiger partial charge in [-0.1, -0.05) is 11.6 Å². The van der Waals surface area contributed by atoms with E-state index in [1.165, 1.54) is 6.42 Å². The highest BCUT2D eigenvalue weighted by atomic mass is 35.5. The predicted molar refractivity (Wildman–Crippen MR) is 59.8 cm³/mol. The fourth-order valence-electron chi connectivity index (χ4n) is 1.77. The summed E-state index contributed by atoms with van der Waals surface area (Å²) in [5.41, 5.74) is 0.671. The molecule has 1 fully saturated rings. The van der Waals surface area contributed by atoms with Gasteiger partial charge in [0.15, 0.2) is 0 Å². The number of aromatic nitrogens is 1. The number of nitrogens with zero attached hydrogens (tertiary/aromatic N) is 2. The Hall–Kier alpha value is -1.27. The lowest BCUT2D eigenvalue weighted by Gasteiger charge is -2.39. The second kappa shape index (κ2) is 3.71. The van der Waals surface area contributed by atoms with Crippen LogP contribution in [0.25, 0.3) is 0 Å². The van der Waals surface area contributed by atoms with Crippen molar-refractivity contribution in [2.45, 2.75) is 31.7 Å². The van der Waals surface area contributed by atoms with E-state index in [2.05, 4.69) is 23.3 Å². The molecule has 1 aliphatic carbocycles. The average molecular weight is 222 g/mol. The molecule has 1 N–H and O–H groups in total. The van der Waals surface area contributed by atoms with Crippen molar-refractivity contribution in [2.75, 3.05) is 5.32 Å². The first-order valence-electron chi connectivity index (χ1n) is 4.97. The van der Waals surface area contributed by atoms with E-state index >= 15 is 0 Å². The molecule has 0 aromatic carbocycles. The summed E-state index contributed by atoms with van der Waals surface area (Å²) in [6.45, 7) is 2.16. The van der Waals surface area contributed by atoms with Gasteiger partial charge in [0.1, 0.15) is 11.0 Å². The SMILES string of the molecule is CC1(Nc2cc(C#N)cc(Cl)n2)CCC1. The number of anilines is 1. The maximum absolute atomic E-state index is 8.79. The largest absolute Gasteiger partial charge is 0.365 e. The minimum atomic E-state index is 0.129. The third kappa shape index (κ3) is 2.21. The minimum absolute atomic E-state index is 0.129. The molecule has 1 saturated carbocycles. The molecule has 0 radical (unpaired) electrons. The van der Waals surface area contributed by atoms with E-state index in [0.717, 1.165) is 12.8 Å². The van der Waals surface area contributed by atoms with Crippen LogP contribution in [0.4, 0.5) is 5.82 Å². The standard InChI is InChI=1S/C11H12ClN3/c1-11(3-2-4-11)15-10-6-8(7-13)5-9(12)14-10/h5-6H,2-4H2,1H3,(H,14,15). The molecule has 1 aliphatic rings. The fourth-order valence-corrected chi connectivity index (χ4v) is 1.98. The monoisotopic (exact) mass is 221 g/mol. The van der Waals surface area contributed by atoms with Crippen LogP contribution in [0, 0.1) is 11.3 Å². The van der Waals surface area contributed by atoms with Crippen LogP contribution in [0.1, 0.15) is 31.7 Å². The highest BCUT2D eigenvalue weighted by molar-refractivity contribution is 6.29. The molecule has 3 nitrogen and oxygen atoms in total. The quantitative estimate of drug-likeness (QED) is 0.782. The number of pyridine rings is 1. The van der Waals surface area contributed by atoms with E-state index in [4.69, 9.17) is 16.9 Å². The zero-order chi connectivity index (χ0) is 10.9. The van der Waals surface area contributed by atoms with Gasteiger partial charge in [0, 0.05) is 5.54 Å². The normalized spacial score (nSPS) is 17.7. The lowest BCUT2D eigenvalue weighted by molar-refractivity contribution is 0.306. The molecule has 0 aliphatic heterocycles.